The maximum Gasteiger partial charge on any atom is 0.246 e. The highest BCUT2D eigenvalue weighted by atomic mass is 35.5. The Morgan fingerprint density at radius 2 is 1.77 bits per heavy atom. The number of rotatable bonds is 5. The van der Waals surface area contributed by atoms with E-state index >= 15 is 0 Å². The van der Waals surface area contributed by atoms with E-state index in [1.54, 1.807) is 12.1 Å². The molecule has 0 aromatic heterocycles. The molecule has 0 spiro atoms. The first-order valence-electron chi connectivity index (χ1n) is 9.63. The SMILES string of the molecule is CC(C)N1CCCN(S(=O)(=O)c2cc(C#N)ccc2Oc2cc(Cl)ccc2Cl)CC1.Cl. The first kappa shape index (κ1) is 25.7. The fourth-order valence-electron chi connectivity index (χ4n) is 3.35. The van der Waals surface area contributed by atoms with Crippen molar-refractivity contribution in [2.45, 2.75) is 31.2 Å². The predicted molar refractivity (Wildman–Crippen MR) is 125 cm³/mol. The van der Waals surface area contributed by atoms with Crippen LogP contribution in [0.3, 0.4) is 0 Å². The van der Waals surface area contributed by atoms with Gasteiger partial charge in [0, 0.05) is 36.8 Å². The third-order valence-corrected chi connectivity index (χ3v) is 7.49. The van der Waals surface area contributed by atoms with Gasteiger partial charge in [-0.05, 0) is 57.1 Å². The fourth-order valence-corrected chi connectivity index (χ4v) is 5.27. The van der Waals surface area contributed by atoms with E-state index < -0.39 is 10.0 Å². The lowest BCUT2D eigenvalue weighted by Gasteiger charge is -2.25. The molecule has 1 heterocycles. The number of benzene rings is 2. The fraction of sp³-hybridized carbons (Fsp3) is 0.381. The molecule has 0 unspecified atom stereocenters. The first-order chi connectivity index (χ1) is 14.2. The van der Waals surface area contributed by atoms with Crippen LogP contribution < -0.4 is 4.74 Å². The molecular formula is C21H24Cl3N3O3S. The molecule has 0 radical (unpaired) electrons. The minimum Gasteiger partial charge on any atom is -0.454 e. The van der Waals surface area contributed by atoms with E-state index in [2.05, 4.69) is 18.7 Å². The molecule has 2 aromatic carbocycles. The van der Waals surface area contributed by atoms with Crippen LogP contribution >= 0.6 is 35.6 Å². The van der Waals surface area contributed by atoms with Gasteiger partial charge in [-0.1, -0.05) is 23.2 Å². The average molecular weight is 505 g/mol. The van der Waals surface area contributed by atoms with Crippen molar-refractivity contribution in [3.8, 4) is 17.6 Å². The highest BCUT2D eigenvalue weighted by Gasteiger charge is 2.31. The molecule has 3 rings (SSSR count). The van der Waals surface area contributed by atoms with Crippen molar-refractivity contribution >= 4 is 45.6 Å². The van der Waals surface area contributed by atoms with Crippen LogP contribution in [0.15, 0.2) is 41.3 Å². The van der Waals surface area contributed by atoms with Gasteiger partial charge in [-0.15, -0.1) is 12.4 Å². The summed E-state index contributed by atoms with van der Waals surface area (Å²) >= 11 is 12.2. The molecule has 0 aliphatic carbocycles. The summed E-state index contributed by atoms with van der Waals surface area (Å²) in [5.74, 6) is 0.343. The quantitative estimate of drug-likeness (QED) is 0.561. The zero-order valence-corrected chi connectivity index (χ0v) is 20.4. The predicted octanol–water partition coefficient (Wildman–Crippen LogP) is 5.18. The Morgan fingerprint density at radius 3 is 2.45 bits per heavy atom. The molecule has 168 valence electrons. The standard InChI is InChI=1S/C21H23Cl2N3O3S.ClH/c1-15(2)25-8-3-9-26(11-10-25)30(27,28)21-12-16(14-24)4-7-19(21)29-20-13-17(22)5-6-18(20)23;/h4-7,12-13,15H,3,8-11H2,1-2H3;1H. The summed E-state index contributed by atoms with van der Waals surface area (Å²) in [6, 6.07) is 11.4. The average Bonchev–Trinajstić information content (AvgIpc) is 2.98. The monoisotopic (exact) mass is 503 g/mol. The van der Waals surface area contributed by atoms with Crippen LogP contribution in [0, 0.1) is 11.3 Å². The second kappa shape index (κ2) is 10.9. The van der Waals surface area contributed by atoms with Gasteiger partial charge in [-0.3, -0.25) is 4.90 Å². The van der Waals surface area contributed by atoms with E-state index in [4.69, 9.17) is 27.9 Å². The molecule has 1 fully saturated rings. The Labute approximate surface area is 199 Å². The van der Waals surface area contributed by atoms with Crippen LogP contribution in [-0.2, 0) is 10.0 Å². The Bertz CT molecular complexity index is 1070. The number of nitriles is 1. The zero-order valence-electron chi connectivity index (χ0n) is 17.2. The summed E-state index contributed by atoms with van der Waals surface area (Å²) in [6.45, 7) is 6.45. The van der Waals surface area contributed by atoms with Gasteiger partial charge in [-0.2, -0.15) is 9.57 Å². The molecule has 2 aromatic rings. The Balaban J connectivity index is 0.00000341. The number of sulfonamides is 1. The topological polar surface area (TPSA) is 73.6 Å². The zero-order chi connectivity index (χ0) is 21.9. The van der Waals surface area contributed by atoms with Gasteiger partial charge in [0.2, 0.25) is 10.0 Å². The summed E-state index contributed by atoms with van der Waals surface area (Å²) < 4.78 is 34.3. The minimum absolute atomic E-state index is 0. The van der Waals surface area contributed by atoms with Crippen molar-refractivity contribution < 1.29 is 13.2 Å². The maximum atomic E-state index is 13.5. The lowest BCUT2D eigenvalue weighted by atomic mass is 10.2. The summed E-state index contributed by atoms with van der Waals surface area (Å²) in [5.41, 5.74) is 0.233. The van der Waals surface area contributed by atoms with E-state index in [1.165, 1.54) is 28.6 Å². The number of ether oxygens (including phenoxy) is 1. The normalized spacial score (nSPS) is 15.7. The van der Waals surface area contributed by atoms with Gasteiger partial charge in [0.1, 0.15) is 16.4 Å². The summed E-state index contributed by atoms with van der Waals surface area (Å²) in [5, 5.41) is 10.0. The molecule has 10 heteroatoms. The largest absolute Gasteiger partial charge is 0.454 e. The first-order valence-corrected chi connectivity index (χ1v) is 11.8. The van der Waals surface area contributed by atoms with E-state index in [-0.39, 0.29) is 34.4 Å². The summed E-state index contributed by atoms with van der Waals surface area (Å²) in [6.07, 6.45) is 0.728. The van der Waals surface area contributed by atoms with E-state index in [0.717, 1.165) is 13.0 Å². The van der Waals surface area contributed by atoms with Crippen molar-refractivity contribution in [1.29, 1.82) is 5.26 Å². The number of hydrogen-bond donors (Lipinski definition) is 0. The van der Waals surface area contributed by atoms with Gasteiger partial charge in [0.05, 0.1) is 16.7 Å². The summed E-state index contributed by atoms with van der Waals surface area (Å²) in [7, 11) is -3.89. The van der Waals surface area contributed by atoms with Crippen LogP contribution in [0.2, 0.25) is 10.0 Å². The van der Waals surface area contributed by atoms with Crippen molar-refractivity contribution in [3.05, 3.63) is 52.0 Å². The van der Waals surface area contributed by atoms with Crippen molar-refractivity contribution in [2.24, 2.45) is 0 Å². The molecule has 0 bridgehead atoms. The smallest absolute Gasteiger partial charge is 0.246 e. The van der Waals surface area contributed by atoms with Crippen LogP contribution in [0.5, 0.6) is 11.5 Å². The summed E-state index contributed by atoms with van der Waals surface area (Å²) in [4.78, 5) is 2.19. The molecule has 0 amide bonds. The highest BCUT2D eigenvalue weighted by Crippen LogP contribution is 2.36. The van der Waals surface area contributed by atoms with Gasteiger partial charge in [0.15, 0.2) is 0 Å². The Morgan fingerprint density at radius 1 is 1.03 bits per heavy atom. The van der Waals surface area contributed by atoms with E-state index in [0.29, 0.717) is 35.7 Å². The molecule has 0 saturated carbocycles. The lowest BCUT2D eigenvalue weighted by Crippen LogP contribution is -2.37. The number of hydrogen-bond acceptors (Lipinski definition) is 5. The molecule has 31 heavy (non-hydrogen) atoms. The van der Waals surface area contributed by atoms with E-state index in [1.807, 2.05) is 6.07 Å². The van der Waals surface area contributed by atoms with Crippen molar-refractivity contribution in [1.82, 2.24) is 9.21 Å². The van der Waals surface area contributed by atoms with E-state index in [9.17, 15) is 13.7 Å². The van der Waals surface area contributed by atoms with Crippen LogP contribution in [0.25, 0.3) is 0 Å². The third kappa shape index (κ3) is 6.04. The third-order valence-electron chi connectivity index (χ3n) is 5.02. The lowest BCUT2D eigenvalue weighted by molar-refractivity contribution is 0.233. The second-order valence-electron chi connectivity index (χ2n) is 7.34. The molecule has 1 aliphatic heterocycles. The van der Waals surface area contributed by atoms with Crippen LogP contribution in [0.1, 0.15) is 25.8 Å². The van der Waals surface area contributed by atoms with Crippen LogP contribution in [0.4, 0.5) is 0 Å². The molecule has 0 atom stereocenters. The van der Waals surface area contributed by atoms with Crippen LogP contribution in [-0.4, -0.2) is 49.8 Å². The highest BCUT2D eigenvalue weighted by molar-refractivity contribution is 7.89. The maximum absolute atomic E-state index is 13.5. The van der Waals surface area contributed by atoms with Crippen molar-refractivity contribution in [2.75, 3.05) is 26.2 Å². The van der Waals surface area contributed by atoms with Gasteiger partial charge in [-0.25, -0.2) is 8.42 Å². The van der Waals surface area contributed by atoms with Gasteiger partial charge < -0.3 is 4.74 Å². The molecule has 0 N–H and O–H groups in total. The van der Waals surface area contributed by atoms with Gasteiger partial charge >= 0.3 is 0 Å². The Kier molecular flexibility index (Phi) is 9.02. The molecule has 1 saturated heterocycles. The minimum atomic E-state index is -3.89. The second-order valence-corrected chi connectivity index (χ2v) is 10.1. The van der Waals surface area contributed by atoms with Crippen molar-refractivity contribution in [3.63, 3.8) is 0 Å². The molecule has 6 nitrogen and oxygen atoms in total. The number of nitrogens with zero attached hydrogens (tertiary/aromatic N) is 3. The number of halogens is 3. The molecular weight excluding hydrogens is 481 g/mol. The Hall–Kier alpha value is -1.53. The van der Waals surface area contributed by atoms with Gasteiger partial charge in [0.25, 0.3) is 0 Å². The molecule has 1 aliphatic rings.